The lowest BCUT2D eigenvalue weighted by molar-refractivity contribution is 1.03. The summed E-state index contributed by atoms with van der Waals surface area (Å²) in [5, 5.41) is 3.42. The summed E-state index contributed by atoms with van der Waals surface area (Å²) in [6, 6.07) is 10.4. The maximum absolute atomic E-state index is 4.38. The van der Waals surface area contributed by atoms with Crippen molar-refractivity contribution >= 4 is 28.3 Å². The second-order valence-electron chi connectivity index (χ2n) is 4.09. The third-order valence-electron chi connectivity index (χ3n) is 2.70. The number of halogens is 1. The van der Waals surface area contributed by atoms with E-state index in [9.17, 15) is 0 Å². The van der Waals surface area contributed by atoms with Gasteiger partial charge in [0.15, 0.2) is 0 Å². The summed E-state index contributed by atoms with van der Waals surface area (Å²) in [6.07, 6.45) is 1.90. The number of pyridine rings is 1. The molecule has 0 spiro atoms. The van der Waals surface area contributed by atoms with Crippen molar-refractivity contribution in [3.05, 3.63) is 56.9 Å². The summed E-state index contributed by atoms with van der Waals surface area (Å²) in [5.74, 6) is 0. The number of aromatic nitrogens is 1. The van der Waals surface area contributed by atoms with E-state index in [0.29, 0.717) is 0 Å². The van der Waals surface area contributed by atoms with Gasteiger partial charge in [0.25, 0.3) is 0 Å². The minimum absolute atomic E-state index is 0.765. The summed E-state index contributed by atoms with van der Waals surface area (Å²) in [7, 11) is 0. The fourth-order valence-corrected chi connectivity index (χ4v) is 2.09. The van der Waals surface area contributed by atoms with Crippen molar-refractivity contribution in [3.63, 3.8) is 0 Å². The monoisotopic (exact) mass is 338 g/mol. The maximum atomic E-state index is 4.38. The molecule has 0 aliphatic carbocycles. The molecule has 0 saturated carbocycles. The first-order valence-corrected chi connectivity index (χ1v) is 6.65. The Bertz CT molecular complexity index is 506. The number of benzene rings is 1. The van der Waals surface area contributed by atoms with E-state index in [1.165, 1.54) is 20.4 Å². The molecule has 0 saturated heterocycles. The summed E-state index contributed by atoms with van der Waals surface area (Å²) < 4.78 is 1.28. The molecule has 0 fully saturated rings. The number of nitrogens with one attached hydrogen (secondary N) is 1. The number of nitrogens with zero attached hydrogens (tertiary/aromatic N) is 1. The van der Waals surface area contributed by atoms with Crippen LogP contribution in [0.5, 0.6) is 0 Å². The fourth-order valence-electron chi connectivity index (χ4n) is 1.59. The molecule has 1 aromatic carbocycles. The zero-order valence-electron chi connectivity index (χ0n) is 10.00. The predicted octanol–water partition coefficient (Wildman–Crippen LogP) is 3.92. The molecule has 2 nitrogen and oxygen atoms in total. The lowest BCUT2D eigenvalue weighted by Crippen LogP contribution is -2.03. The van der Waals surface area contributed by atoms with Crippen LogP contribution in [0.3, 0.4) is 0 Å². The van der Waals surface area contributed by atoms with Crippen molar-refractivity contribution in [2.24, 2.45) is 0 Å². The molecule has 0 aliphatic rings. The summed E-state index contributed by atoms with van der Waals surface area (Å²) in [5.41, 5.74) is 4.73. The van der Waals surface area contributed by atoms with E-state index in [1.54, 1.807) is 0 Å². The Balaban J connectivity index is 2.07. The number of anilines is 1. The Kier molecular flexibility index (Phi) is 3.99. The van der Waals surface area contributed by atoms with Gasteiger partial charge in [0, 0.05) is 15.5 Å². The zero-order chi connectivity index (χ0) is 12.3. The minimum atomic E-state index is 0.765. The van der Waals surface area contributed by atoms with Crippen LogP contribution in [0.4, 0.5) is 5.69 Å². The average molecular weight is 338 g/mol. The number of hydrogen-bond donors (Lipinski definition) is 1. The number of rotatable bonds is 3. The van der Waals surface area contributed by atoms with Crippen LogP contribution < -0.4 is 5.32 Å². The molecule has 0 atom stereocenters. The Morgan fingerprint density at radius 2 is 2.00 bits per heavy atom. The summed E-state index contributed by atoms with van der Waals surface area (Å²) >= 11 is 2.35. The van der Waals surface area contributed by atoms with Crippen LogP contribution >= 0.6 is 22.6 Å². The highest BCUT2D eigenvalue weighted by molar-refractivity contribution is 14.1. The molecule has 1 aromatic heterocycles. The number of aryl methyl sites for hydroxylation is 1. The first-order valence-electron chi connectivity index (χ1n) is 5.57. The van der Waals surface area contributed by atoms with Crippen molar-refractivity contribution in [2.45, 2.75) is 20.4 Å². The third kappa shape index (κ3) is 3.19. The Hall–Kier alpha value is -1.10. The van der Waals surface area contributed by atoms with Gasteiger partial charge in [0.2, 0.25) is 0 Å². The number of hydrogen-bond acceptors (Lipinski definition) is 2. The van der Waals surface area contributed by atoms with Crippen molar-refractivity contribution in [1.29, 1.82) is 0 Å². The van der Waals surface area contributed by atoms with Crippen molar-refractivity contribution in [2.75, 3.05) is 5.32 Å². The van der Waals surface area contributed by atoms with E-state index >= 15 is 0 Å². The largest absolute Gasteiger partial charge is 0.379 e. The Morgan fingerprint density at radius 3 is 2.71 bits per heavy atom. The van der Waals surface area contributed by atoms with Gasteiger partial charge < -0.3 is 5.32 Å². The lowest BCUT2D eigenvalue weighted by Gasteiger charge is -2.10. The first kappa shape index (κ1) is 12.4. The molecular formula is C14H15IN2. The topological polar surface area (TPSA) is 24.9 Å². The highest BCUT2D eigenvalue weighted by Gasteiger charge is 2.01. The molecule has 0 unspecified atom stereocenters. The molecular weight excluding hydrogens is 323 g/mol. The predicted molar refractivity (Wildman–Crippen MR) is 80.2 cm³/mol. The zero-order valence-corrected chi connectivity index (χ0v) is 12.2. The summed E-state index contributed by atoms with van der Waals surface area (Å²) in [6.45, 7) is 4.95. The quantitative estimate of drug-likeness (QED) is 0.859. The molecule has 17 heavy (non-hydrogen) atoms. The van der Waals surface area contributed by atoms with Gasteiger partial charge in [-0.2, -0.15) is 0 Å². The van der Waals surface area contributed by atoms with Crippen molar-refractivity contribution < 1.29 is 0 Å². The first-order chi connectivity index (χ1) is 8.16. The van der Waals surface area contributed by atoms with Crippen LogP contribution in [0, 0.1) is 17.4 Å². The van der Waals surface area contributed by atoms with Gasteiger partial charge in [-0.15, -0.1) is 0 Å². The van der Waals surface area contributed by atoms with Gasteiger partial charge >= 0.3 is 0 Å². The molecule has 1 heterocycles. The standard InChI is InChI=1S/C14H15IN2/c1-10-6-7-12(16-8-10)9-17-14-5-3-4-13(15)11(14)2/h3-8,17H,9H2,1-2H3. The average Bonchev–Trinajstić information content (AvgIpc) is 2.33. The highest BCUT2D eigenvalue weighted by Crippen LogP contribution is 2.20. The van der Waals surface area contributed by atoms with Gasteiger partial charge in [0.1, 0.15) is 0 Å². The van der Waals surface area contributed by atoms with E-state index in [-0.39, 0.29) is 0 Å². The molecule has 1 N–H and O–H groups in total. The highest BCUT2D eigenvalue weighted by atomic mass is 127. The SMILES string of the molecule is Cc1ccc(CNc2cccc(I)c2C)nc1. The molecule has 0 bridgehead atoms. The third-order valence-corrected chi connectivity index (χ3v) is 3.87. The molecule has 88 valence electrons. The molecule has 2 aromatic rings. The van der Waals surface area contributed by atoms with E-state index in [1.807, 2.05) is 13.1 Å². The molecule has 0 amide bonds. The van der Waals surface area contributed by atoms with Gasteiger partial charge in [0.05, 0.1) is 12.2 Å². The normalized spacial score (nSPS) is 10.3. The smallest absolute Gasteiger partial charge is 0.0594 e. The van der Waals surface area contributed by atoms with Crippen molar-refractivity contribution in [3.8, 4) is 0 Å². The van der Waals surface area contributed by atoms with E-state index in [4.69, 9.17) is 0 Å². The van der Waals surface area contributed by atoms with Crippen LogP contribution in [0.15, 0.2) is 36.5 Å². The van der Waals surface area contributed by atoms with Gasteiger partial charge in [-0.05, 0) is 65.8 Å². The van der Waals surface area contributed by atoms with Crippen LogP contribution in [0.1, 0.15) is 16.8 Å². The van der Waals surface area contributed by atoms with E-state index in [0.717, 1.165) is 12.2 Å². The molecule has 3 heteroatoms. The Morgan fingerprint density at radius 1 is 1.18 bits per heavy atom. The maximum Gasteiger partial charge on any atom is 0.0594 e. The lowest BCUT2D eigenvalue weighted by atomic mass is 10.2. The fraction of sp³-hybridized carbons (Fsp3) is 0.214. The molecule has 0 aliphatic heterocycles. The Labute approximate surface area is 116 Å². The minimum Gasteiger partial charge on any atom is -0.379 e. The van der Waals surface area contributed by atoms with Crippen molar-refractivity contribution in [1.82, 2.24) is 4.98 Å². The van der Waals surface area contributed by atoms with Crippen LogP contribution in [0.25, 0.3) is 0 Å². The van der Waals surface area contributed by atoms with Crippen LogP contribution in [-0.4, -0.2) is 4.98 Å². The van der Waals surface area contributed by atoms with Crippen LogP contribution in [-0.2, 0) is 6.54 Å². The van der Waals surface area contributed by atoms with E-state index in [2.05, 4.69) is 70.1 Å². The second-order valence-corrected chi connectivity index (χ2v) is 5.26. The second kappa shape index (κ2) is 5.49. The van der Waals surface area contributed by atoms with Gasteiger partial charge in [-0.25, -0.2) is 0 Å². The summed E-state index contributed by atoms with van der Waals surface area (Å²) in [4.78, 5) is 4.38. The molecule has 0 radical (unpaired) electrons. The van der Waals surface area contributed by atoms with Gasteiger partial charge in [-0.1, -0.05) is 12.1 Å². The van der Waals surface area contributed by atoms with E-state index < -0.39 is 0 Å². The van der Waals surface area contributed by atoms with Crippen LogP contribution in [0.2, 0.25) is 0 Å². The van der Waals surface area contributed by atoms with Gasteiger partial charge in [-0.3, -0.25) is 4.98 Å². The molecule has 2 rings (SSSR count).